The third-order valence-electron chi connectivity index (χ3n) is 4.25. The summed E-state index contributed by atoms with van der Waals surface area (Å²) in [5, 5.41) is 7.62. The Kier molecular flexibility index (Phi) is 4.84. The number of benzene rings is 3. The molecule has 0 bridgehead atoms. The average Bonchev–Trinajstić information content (AvgIpc) is 2.74. The molecule has 28 heavy (non-hydrogen) atoms. The maximum absolute atomic E-state index is 12.7. The lowest BCUT2D eigenvalue weighted by Crippen LogP contribution is -2.12. The summed E-state index contributed by atoms with van der Waals surface area (Å²) in [6, 6.07) is 22.3. The van der Waals surface area contributed by atoms with Gasteiger partial charge in [-0.25, -0.2) is 9.97 Å². The number of fused-ring (bicyclic) bond motifs is 1. The normalized spacial score (nSPS) is 10.5. The molecular weight excluding hydrogens is 352 g/mol. The van der Waals surface area contributed by atoms with Crippen molar-refractivity contribution in [2.24, 2.45) is 0 Å². The predicted molar refractivity (Wildman–Crippen MR) is 110 cm³/mol. The summed E-state index contributed by atoms with van der Waals surface area (Å²) >= 11 is 0. The molecule has 0 aliphatic carbocycles. The van der Waals surface area contributed by atoms with Crippen molar-refractivity contribution in [1.82, 2.24) is 9.97 Å². The zero-order chi connectivity index (χ0) is 19.3. The molecule has 1 heterocycles. The van der Waals surface area contributed by atoms with Crippen LogP contribution in [0.1, 0.15) is 10.4 Å². The maximum atomic E-state index is 12.7. The molecule has 0 fully saturated rings. The Balaban J connectivity index is 1.61. The van der Waals surface area contributed by atoms with Crippen molar-refractivity contribution in [1.29, 1.82) is 0 Å². The van der Waals surface area contributed by atoms with E-state index in [9.17, 15) is 4.79 Å². The van der Waals surface area contributed by atoms with Gasteiger partial charge in [0, 0.05) is 24.4 Å². The number of carbonyl (C=O) groups excluding carboxylic acids is 1. The number of amides is 1. The summed E-state index contributed by atoms with van der Waals surface area (Å²) in [5.41, 5.74) is 1.36. The number of nitrogens with one attached hydrogen (secondary N) is 2. The number of hydrogen-bond donors (Lipinski definition) is 2. The highest BCUT2D eigenvalue weighted by Crippen LogP contribution is 2.27. The van der Waals surface area contributed by atoms with Crippen molar-refractivity contribution >= 4 is 28.2 Å². The van der Waals surface area contributed by atoms with Gasteiger partial charge in [0.05, 0.1) is 0 Å². The molecule has 4 rings (SSSR count). The second-order valence-electron chi connectivity index (χ2n) is 6.10. The van der Waals surface area contributed by atoms with Gasteiger partial charge in [-0.1, -0.05) is 30.3 Å². The lowest BCUT2D eigenvalue weighted by molar-refractivity contribution is 0.102. The second kappa shape index (κ2) is 7.75. The van der Waals surface area contributed by atoms with Crippen LogP contribution in [0.3, 0.4) is 0 Å². The first-order chi connectivity index (χ1) is 13.7. The minimum Gasteiger partial charge on any atom is -0.439 e. The number of aromatic nitrogens is 2. The fraction of sp³-hybridized carbons (Fsp3) is 0.0455. The molecule has 0 spiro atoms. The van der Waals surface area contributed by atoms with E-state index in [1.54, 1.807) is 13.1 Å². The average molecular weight is 370 g/mol. The summed E-state index contributed by atoms with van der Waals surface area (Å²) in [7, 11) is 1.78. The molecule has 0 saturated carbocycles. The Hall–Kier alpha value is -3.93. The molecule has 3 aromatic carbocycles. The van der Waals surface area contributed by atoms with Gasteiger partial charge in [-0.15, -0.1) is 0 Å². The Bertz CT molecular complexity index is 1130. The minimum atomic E-state index is -0.153. The molecule has 6 heteroatoms. The Morgan fingerprint density at radius 3 is 2.61 bits per heavy atom. The SMILES string of the molecule is CNc1cc(Oc2ccc3c(C(=O)Nc4ccccc4)cccc3c2)ncn1. The molecule has 0 unspecified atom stereocenters. The summed E-state index contributed by atoms with van der Waals surface area (Å²) in [4.78, 5) is 20.9. The number of rotatable bonds is 5. The summed E-state index contributed by atoms with van der Waals surface area (Å²) in [6.07, 6.45) is 1.44. The molecule has 1 amide bonds. The Morgan fingerprint density at radius 1 is 0.929 bits per heavy atom. The van der Waals surface area contributed by atoms with Crippen molar-refractivity contribution < 1.29 is 9.53 Å². The number of hydrogen-bond acceptors (Lipinski definition) is 5. The van der Waals surface area contributed by atoms with Crippen LogP contribution >= 0.6 is 0 Å². The molecule has 0 radical (unpaired) electrons. The van der Waals surface area contributed by atoms with Gasteiger partial charge in [0.15, 0.2) is 0 Å². The first-order valence-corrected chi connectivity index (χ1v) is 8.80. The van der Waals surface area contributed by atoms with Crippen molar-refractivity contribution in [2.45, 2.75) is 0 Å². The van der Waals surface area contributed by atoms with Gasteiger partial charge in [-0.3, -0.25) is 4.79 Å². The van der Waals surface area contributed by atoms with E-state index in [0.717, 1.165) is 16.5 Å². The van der Waals surface area contributed by atoms with Crippen LogP contribution < -0.4 is 15.4 Å². The first-order valence-electron chi connectivity index (χ1n) is 8.80. The van der Waals surface area contributed by atoms with Gasteiger partial charge in [-0.05, 0) is 47.2 Å². The Labute approximate surface area is 162 Å². The summed E-state index contributed by atoms with van der Waals surface area (Å²) in [5.74, 6) is 1.59. The smallest absolute Gasteiger partial charge is 0.256 e. The fourth-order valence-corrected chi connectivity index (χ4v) is 2.90. The fourth-order valence-electron chi connectivity index (χ4n) is 2.90. The minimum absolute atomic E-state index is 0.153. The lowest BCUT2D eigenvalue weighted by atomic mass is 10.0. The number of ether oxygens (including phenoxy) is 1. The standard InChI is InChI=1S/C22H18N4O2/c1-23-20-13-21(25-14-24-20)28-17-10-11-18-15(12-17)6-5-9-19(18)22(27)26-16-7-3-2-4-8-16/h2-14H,1H3,(H,26,27)(H,23,24,25). The van der Waals surface area contributed by atoms with E-state index in [1.807, 2.05) is 66.7 Å². The van der Waals surface area contributed by atoms with E-state index >= 15 is 0 Å². The zero-order valence-electron chi connectivity index (χ0n) is 15.2. The van der Waals surface area contributed by atoms with Crippen LogP contribution in [0.25, 0.3) is 10.8 Å². The number of para-hydroxylation sites is 1. The monoisotopic (exact) mass is 370 g/mol. The molecule has 138 valence electrons. The van der Waals surface area contributed by atoms with E-state index < -0.39 is 0 Å². The van der Waals surface area contributed by atoms with E-state index in [0.29, 0.717) is 23.0 Å². The van der Waals surface area contributed by atoms with E-state index in [-0.39, 0.29) is 5.91 Å². The van der Waals surface area contributed by atoms with Gasteiger partial charge >= 0.3 is 0 Å². The van der Waals surface area contributed by atoms with E-state index in [4.69, 9.17) is 4.74 Å². The predicted octanol–water partition coefficient (Wildman–Crippen LogP) is 4.72. The largest absolute Gasteiger partial charge is 0.439 e. The first kappa shape index (κ1) is 17.5. The van der Waals surface area contributed by atoms with Crippen LogP contribution in [-0.2, 0) is 0 Å². The van der Waals surface area contributed by atoms with Crippen LogP contribution in [-0.4, -0.2) is 22.9 Å². The third kappa shape index (κ3) is 3.76. The summed E-state index contributed by atoms with van der Waals surface area (Å²) < 4.78 is 5.83. The van der Waals surface area contributed by atoms with E-state index in [1.165, 1.54) is 6.33 Å². The molecular formula is C22H18N4O2. The van der Waals surface area contributed by atoms with Crippen molar-refractivity contribution in [2.75, 3.05) is 17.7 Å². The van der Waals surface area contributed by atoms with Gasteiger partial charge in [0.25, 0.3) is 5.91 Å². The van der Waals surface area contributed by atoms with Gasteiger partial charge in [0.1, 0.15) is 17.9 Å². The molecule has 0 aliphatic rings. The van der Waals surface area contributed by atoms with Crippen molar-refractivity contribution in [3.05, 3.63) is 84.7 Å². The second-order valence-corrected chi connectivity index (χ2v) is 6.10. The number of nitrogens with zero attached hydrogens (tertiary/aromatic N) is 2. The van der Waals surface area contributed by atoms with Crippen LogP contribution in [0, 0.1) is 0 Å². The highest BCUT2D eigenvalue weighted by Gasteiger charge is 2.11. The molecule has 0 aliphatic heterocycles. The van der Waals surface area contributed by atoms with Crippen molar-refractivity contribution in [3.8, 4) is 11.6 Å². The van der Waals surface area contributed by atoms with Crippen LogP contribution in [0.2, 0.25) is 0 Å². The summed E-state index contributed by atoms with van der Waals surface area (Å²) in [6.45, 7) is 0. The van der Waals surface area contributed by atoms with E-state index in [2.05, 4.69) is 20.6 Å². The number of carbonyl (C=O) groups is 1. The highest BCUT2D eigenvalue weighted by atomic mass is 16.5. The topological polar surface area (TPSA) is 76.1 Å². The van der Waals surface area contributed by atoms with Crippen molar-refractivity contribution in [3.63, 3.8) is 0 Å². The lowest BCUT2D eigenvalue weighted by Gasteiger charge is -2.10. The third-order valence-corrected chi connectivity index (χ3v) is 4.25. The molecule has 4 aromatic rings. The van der Waals surface area contributed by atoms with Gasteiger partial charge in [-0.2, -0.15) is 0 Å². The van der Waals surface area contributed by atoms with Crippen LogP contribution in [0.15, 0.2) is 79.1 Å². The number of anilines is 2. The van der Waals surface area contributed by atoms with Gasteiger partial charge < -0.3 is 15.4 Å². The molecule has 0 atom stereocenters. The van der Waals surface area contributed by atoms with Gasteiger partial charge in [0.2, 0.25) is 5.88 Å². The maximum Gasteiger partial charge on any atom is 0.256 e. The zero-order valence-corrected chi connectivity index (χ0v) is 15.2. The van der Waals surface area contributed by atoms with Crippen LogP contribution in [0.5, 0.6) is 11.6 Å². The molecule has 6 nitrogen and oxygen atoms in total. The Morgan fingerprint density at radius 2 is 1.79 bits per heavy atom. The molecule has 1 aromatic heterocycles. The van der Waals surface area contributed by atoms with Crippen LogP contribution in [0.4, 0.5) is 11.5 Å². The molecule has 0 saturated heterocycles. The molecule has 2 N–H and O–H groups in total. The quantitative estimate of drug-likeness (QED) is 0.532. The highest BCUT2D eigenvalue weighted by molar-refractivity contribution is 6.13.